The zero-order valence-corrected chi connectivity index (χ0v) is 9.86. The Bertz CT molecular complexity index is 366. The highest BCUT2D eigenvalue weighted by Crippen LogP contribution is 2.09. The predicted molar refractivity (Wildman–Crippen MR) is 60.2 cm³/mol. The van der Waals surface area contributed by atoms with Gasteiger partial charge in [0.1, 0.15) is 0 Å². The van der Waals surface area contributed by atoms with E-state index in [1.165, 1.54) is 0 Å². The van der Waals surface area contributed by atoms with E-state index in [9.17, 15) is 9.00 Å². The Morgan fingerprint density at radius 3 is 2.87 bits per heavy atom. The first kappa shape index (κ1) is 12.1. The van der Waals surface area contributed by atoms with Crippen molar-refractivity contribution in [2.24, 2.45) is 0 Å². The summed E-state index contributed by atoms with van der Waals surface area (Å²) in [6.45, 7) is 0.484. The minimum absolute atomic E-state index is 0.255. The van der Waals surface area contributed by atoms with E-state index in [-0.39, 0.29) is 16.0 Å². The fourth-order valence-corrected chi connectivity index (χ4v) is 1.96. The number of hydrogen-bond acceptors (Lipinski definition) is 6. The molecule has 0 saturated heterocycles. The second-order valence-electron chi connectivity index (χ2n) is 2.83. The summed E-state index contributed by atoms with van der Waals surface area (Å²) in [6, 6.07) is 0. The van der Waals surface area contributed by atoms with Gasteiger partial charge in [-0.15, -0.1) is 10.2 Å². The van der Waals surface area contributed by atoms with E-state index in [4.69, 9.17) is 5.73 Å². The molecule has 3 N–H and O–H groups in total. The average molecular weight is 248 g/mol. The molecule has 0 bridgehead atoms. The summed E-state index contributed by atoms with van der Waals surface area (Å²) in [5.41, 5.74) is 5.34. The summed E-state index contributed by atoms with van der Waals surface area (Å²) in [5, 5.41) is 10.3. The third-order valence-electron chi connectivity index (χ3n) is 1.53. The third-order valence-corrected chi connectivity index (χ3v) is 3.14. The number of anilines is 1. The van der Waals surface area contributed by atoms with E-state index in [0.29, 0.717) is 18.7 Å². The Morgan fingerprint density at radius 1 is 1.60 bits per heavy atom. The standard InChI is InChI=1S/C7H12N4O2S2/c1-15(13)4-2-3-9-5(12)6-10-11-7(8)14-6/h2-4H2,1H3,(H2,8,11)(H,9,12). The molecule has 1 rings (SSSR count). The molecule has 0 aliphatic carbocycles. The molecule has 1 atom stereocenters. The van der Waals surface area contributed by atoms with E-state index in [1.54, 1.807) is 6.26 Å². The normalized spacial score (nSPS) is 12.3. The van der Waals surface area contributed by atoms with Crippen molar-refractivity contribution in [1.29, 1.82) is 0 Å². The second kappa shape index (κ2) is 5.76. The molecule has 0 aliphatic rings. The topological polar surface area (TPSA) is 98.0 Å². The van der Waals surface area contributed by atoms with E-state index in [0.717, 1.165) is 11.3 Å². The molecule has 0 aromatic carbocycles. The van der Waals surface area contributed by atoms with Crippen LogP contribution in [0.4, 0.5) is 5.13 Å². The van der Waals surface area contributed by atoms with Gasteiger partial charge in [0.15, 0.2) is 0 Å². The molecule has 1 unspecified atom stereocenters. The molecule has 15 heavy (non-hydrogen) atoms. The summed E-state index contributed by atoms with van der Waals surface area (Å²) in [4.78, 5) is 11.4. The molecule has 84 valence electrons. The predicted octanol–water partition coefficient (Wildman–Crippen LogP) is -0.381. The van der Waals surface area contributed by atoms with Crippen molar-refractivity contribution in [3.05, 3.63) is 5.01 Å². The maximum Gasteiger partial charge on any atom is 0.282 e. The minimum atomic E-state index is -0.817. The largest absolute Gasteiger partial charge is 0.374 e. The number of nitrogens with two attached hydrogens (primary N) is 1. The van der Waals surface area contributed by atoms with E-state index < -0.39 is 10.8 Å². The van der Waals surface area contributed by atoms with Crippen molar-refractivity contribution in [3.63, 3.8) is 0 Å². The van der Waals surface area contributed by atoms with Gasteiger partial charge in [0, 0.05) is 29.4 Å². The number of nitrogens with one attached hydrogen (secondary N) is 1. The maximum absolute atomic E-state index is 11.4. The molecule has 1 aromatic rings. The van der Waals surface area contributed by atoms with Gasteiger partial charge in [-0.1, -0.05) is 11.3 Å². The van der Waals surface area contributed by atoms with Gasteiger partial charge < -0.3 is 11.1 Å². The smallest absolute Gasteiger partial charge is 0.282 e. The minimum Gasteiger partial charge on any atom is -0.374 e. The SMILES string of the molecule is CS(=O)CCCNC(=O)c1nnc(N)s1. The Labute approximate surface area is 93.7 Å². The van der Waals surface area contributed by atoms with Gasteiger partial charge in [0.2, 0.25) is 10.1 Å². The molecule has 1 amide bonds. The molecule has 1 aromatic heterocycles. The Morgan fingerprint density at radius 2 is 2.33 bits per heavy atom. The summed E-state index contributed by atoms with van der Waals surface area (Å²) < 4.78 is 10.7. The van der Waals surface area contributed by atoms with Gasteiger partial charge in [-0.05, 0) is 6.42 Å². The average Bonchev–Trinajstić information content (AvgIpc) is 2.59. The Kier molecular flexibility index (Phi) is 4.63. The van der Waals surface area contributed by atoms with Crippen LogP contribution in [0.1, 0.15) is 16.2 Å². The molecule has 1 heterocycles. The van der Waals surface area contributed by atoms with Crippen molar-refractivity contribution in [2.75, 3.05) is 24.3 Å². The molecule has 0 spiro atoms. The number of hydrogen-bond donors (Lipinski definition) is 2. The zero-order valence-electron chi connectivity index (χ0n) is 8.23. The molecule has 0 aliphatic heterocycles. The second-order valence-corrected chi connectivity index (χ2v) is 5.40. The zero-order chi connectivity index (χ0) is 11.3. The lowest BCUT2D eigenvalue weighted by Crippen LogP contribution is -2.25. The maximum atomic E-state index is 11.4. The molecular formula is C7H12N4O2S2. The fraction of sp³-hybridized carbons (Fsp3) is 0.571. The van der Waals surface area contributed by atoms with Crippen LogP contribution in [0.3, 0.4) is 0 Å². The molecule has 0 radical (unpaired) electrons. The van der Waals surface area contributed by atoms with Gasteiger partial charge in [-0.2, -0.15) is 0 Å². The van der Waals surface area contributed by atoms with Crippen LogP contribution >= 0.6 is 11.3 Å². The van der Waals surface area contributed by atoms with Gasteiger partial charge >= 0.3 is 0 Å². The van der Waals surface area contributed by atoms with E-state index in [2.05, 4.69) is 15.5 Å². The van der Waals surface area contributed by atoms with Gasteiger partial charge in [-0.3, -0.25) is 9.00 Å². The number of nitrogen functional groups attached to an aromatic ring is 1. The van der Waals surface area contributed by atoms with Crippen LogP contribution in [0, 0.1) is 0 Å². The van der Waals surface area contributed by atoms with Crippen molar-refractivity contribution in [2.45, 2.75) is 6.42 Å². The molecule has 6 nitrogen and oxygen atoms in total. The van der Waals surface area contributed by atoms with E-state index >= 15 is 0 Å². The number of aromatic nitrogens is 2. The summed E-state index contributed by atoms with van der Waals surface area (Å²) in [5.74, 6) is 0.296. The highest BCUT2D eigenvalue weighted by atomic mass is 32.2. The summed E-state index contributed by atoms with van der Waals surface area (Å²) in [7, 11) is -0.817. The number of rotatable bonds is 5. The fourth-order valence-electron chi connectivity index (χ4n) is 0.879. The van der Waals surface area contributed by atoms with Crippen LogP contribution in [0.25, 0.3) is 0 Å². The lowest BCUT2D eigenvalue weighted by Gasteiger charge is -2.00. The van der Waals surface area contributed by atoms with Crippen LogP contribution < -0.4 is 11.1 Å². The number of amides is 1. The van der Waals surface area contributed by atoms with Gasteiger partial charge in [-0.25, -0.2) is 0 Å². The van der Waals surface area contributed by atoms with Crippen molar-refractivity contribution >= 4 is 33.2 Å². The van der Waals surface area contributed by atoms with Crippen LogP contribution in [-0.2, 0) is 10.8 Å². The molecule has 0 saturated carbocycles. The van der Waals surface area contributed by atoms with Gasteiger partial charge in [0.25, 0.3) is 5.91 Å². The van der Waals surface area contributed by atoms with E-state index in [1.807, 2.05) is 0 Å². The van der Waals surface area contributed by atoms with Crippen LogP contribution in [-0.4, -0.2) is 38.9 Å². The molecule has 0 fully saturated rings. The van der Waals surface area contributed by atoms with Crippen LogP contribution in [0.15, 0.2) is 0 Å². The Hall–Kier alpha value is -1.02. The number of carbonyl (C=O) groups excluding carboxylic acids is 1. The quantitative estimate of drug-likeness (QED) is 0.692. The van der Waals surface area contributed by atoms with Crippen LogP contribution in [0.2, 0.25) is 0 Å². The van der Waals surface area contributed by atoms with Crippen LogP contribution in [0.5, 0.6) is 0 Å². The lowest BCUT2D eigenvalue weighted by atomic mass is 10.4. The van der Waals surface area contributed by atoms with Crippen molar-refractivity contribution in [1.82, 2.24) is 15.5 Å². The lowest BCUT2D eigenvalue weighted by molar-refractivity contribution is 0.0952. The van der Waals surface area contributed by atoms with Crippen molar-refractivity contribution in [3.8, 4) is 0 Å². The first-order valence-corrected chi connectivity index (χ1v) is 6.81. The molecular weight excluding hydrogens is 236 g/mol. The first-order valence-electron chi connectivity index (χ1n) is 4.27. The number of nitrogens with zero attached hydrogens (tertiary/aromatic N) is 2. The number of carbonyl (C=O) groups is 1. The first-order chi connectivity index (χ1) is 7.09. The van der Waals surface area contributed by atoms with Crippen molar-refractivity contribution < 1.29 is 9.00 Å². The summed E-state index contributed by atoms with van der Waals surface area (Å²) >= 11 is 1.04. The Balaban J connectivity index is 2.28. The van der Waals surface area contributed by atoms with Gasteiger partial charge in [0.05, 0.1) is 0 Å². The highest BCUT2D eigenvalue weighted by Gasteiger charge is 2.10. The highest BCUT2D eigenvalue weighted by molar-refractivity contribution is 7.84. The summed E-state index contributed by atoms with van der Waals surface area (Å²) in [6.07, 6.45) is 2.32. The molecule has 8 heteroatoms. The third kappa shape index (κ3) is 4.34. The monoisotopic (exact) mass is 248 g/mol.